The number of aryl methyl sites for hydroxylation is 1. The number of ether oxygens (including phenoxy) is 2. The molecule has 4 heteroatoms. The predicted octanol–water partition coefficient (Wildman–Crippen LogP) is 3.24. The van der Waals surface area contributed by atoms with Crippen LogP contribution in [0.5, 0.6) is 5.75 Å². The van der Waals surface area contributed by atoms with Gasteiger partial charge in [-0.1, -0.05) is 42.5 Å². The van der Waals surface area contributed by atoms with Gasteiger partial charge in [-0.3, -0.25) is 0 Å². The largest absolute Gasteiger partial charge is 0.480 e. The molecule has 0 saturated carbocycles. The molecule has 1 aliphatic rings. The summed E-state index contributed by atoms with van der Waals surface area (Å²) >= 11 is 0. The summed E-state index contributed by atoms with van der Waals surface area (Å²) < 4.78 is 26.0. The van der Waals surface area contributed by atoms with Crippen LogP contribution in [0.25, 0.3) is 0 Å². The summed E-state index contributed by atoms with van der Waals surface area (Å²) in [4.78, 5) is 0. The molecule has 3 nitrogen and oxygen atoms in total. The minimum absolute atomic E-state index is 0.143. The summed E-state index contributed by atoms with van der Waals surface area (Å²) in [5, 5.41) is 3.30. The van der Waals surface area contributed by atoms with Crippen LogP contribution < -0.4 is 10.1 Å². The fraction of sp³-hybridized carbons (Fsp3) is 0.333. The SMILES string of the molecule is Cc1cccc(F)c1OC(c1ccccc1)[C@@H]1CNCCO1. The van der Waals surface area contributed by atoms with Gasteiger partial charge in [0.25, 0.3) is 0 Å². The van der Waals surface area contributed by atoms with Crippen LogP contribution in [0.2, 0.25) is 0 Å². The molecule has 1 aliphatic heterocycles. The molecule has 1 unspecified atom stereocenters. The standard InChI is InChI=1S/C18H20FNO2/c1-13-6-5-9-15(19)17(13)22-18(14-7-3-2-4-8-14)16-12-20-10-11-21-16/h2-9,16,18,20H,10-12H2,1H3/t16-,18?/m0/s1. The predicted molar refractivity (Wildman–Crippen MR) is 83.6 cm³/mol. The Morgan fingerprint density at radius 3 is 2.68 bits per heavy atom. The number of para-hydroxylation sites is 1. The zero-order chi connectivity index (χ0) is 15.4. The van der Waals surface area contributed by atoms with E-state index in [1.54, 1.807) is 6.07 Å². The van der Waals surface area contributed by atoms with Crippen molar-refractivity contribution in [3.63, 3.8) is 0 Å². The van der Waals surface area contributed by atoms with Gasteiger partial charge in [-0.15, -0.1) is 0 Å². The summed E-state index contributed by atoms with van der Waals surface area (Å²) in [6, 6.07) is 14.8. The summed E-state index contributed by atoms with van der Waals surface area (Å²) in [6.45, 7) is 4.00. The molecule has 0 aromatic heterocycles. The summed E-state index contributed by atoms with van der Waals surface area (Å²) in [5.74, 6) is -0.0461. The Balaban J connectivity index is 1.91. The van der Waals surface area contributed by atoms with E-state index >= 15 is 0 Å². The lowest BCUT2D eigenvalue weighted by atomic mass is 10.0. The Morgan fingerprint density at radius 2 is 2.00 bits per heavy atom. The van der Waals surface area contributed by atoms with Crippen molar-refractivity contribution in [3.05, 3.63) is 65.5 Å². The lowest BCUT2D eigenvalue weighted by molar-refractivity contribution is -0.0444. The number of morpholine rings is 1. The number of rotatable bonds is 4. The fourth-order valence-corrected chi connectivity index (χ4v) is 2.67. The molecule has 1 N–H and O–H groups in total. The minimum Gasteiger partial charge on any atom is -0.480 e. The molecule has 1 fully saturated rings. The van der Waals surface area contributed by atoms with E-state index in [2.05, 4.69) is 5.32 Å². The van der Waals surface area contributed by atoms with Crippen molar-refractivity contribution in [2.45, 2.75) is 19.1 Å². The van der Waals surface area contributed by atoms with Crippen LogP contribution in [0.3, 0.4) is 0 Å². The van der Waals surface area contributed by atoms with Crippen LogP contribution >= 0.6 is 0 Å². The maximum Gasteiger partial charge on any atom is 0.165 e. The molecule has 3 rings (SSSR count). The van der Waals surface area contributed by atoms with Gasteiger partial charge >= 0.3 is 0 Å². The van der Waals surface area contributed by atoms with Gasteiger partial charge in [0.2, 0.25) is 0 Å². The molecule has 0 bridgehead atoms. The van der Waals surface area contributed by atoms with E-state index in [0.29, 0.717) is 18.9 Å². The van der Waals surface area contributed by atoms with E-state index in [-0.39, 0.29) is 18.0 Å². The third-order valence-electron chi connectivity index (χ3n) is 3.83. The van der Waals surface area contributed by atoms with Crippen molar-refractivity contribution in [1.82, 2.24) is 5.32 Å². The van der Waals surface area contributed by atoms with Crippen LogP contribution in [0, 0.1) is 12.7 Å². The Kier molecular flexibility index (Phi) is 4.71. The lowest BCUT2D eigenvalue weighted by Gasteiger charge is -2.32. The van der Waals surface area contributed by atoms with Crippen molar-refractivity contribution < 1.29 is 13.9 Å². The van der Waals surface area contributed by atoms with Crippen molar-refractivity contribution in [2.75, 3.05) is 19.7 Å². The molecule has 0 spiro atoms. The first-order valence-corrected chi connectivity index (χ1v) is 7.55. The Bertz CT molecular complexity index is 591. The van der Waals surface area contributed by atoms with Gasteiger partial charge in [-0.2, -0.15) is 0 Å². The first kappa shape index (κ1) is 15.0. The minimum atomic E-state index is -0.343. The van der Waals surface area contributed by atoms with Crippen LogP contribution in [0.15, 0.2) is 48.5 Å². The van der Waals surface area contributed by atoms with Gasteiger partial charge in [-0.05, 0) is 24.1 Å². The molecule has 1 heterocycles. The van der Waals surface area contributed by atoms with Crippen LogP contribution in [-0.4, -0.2) is 25.8 Å². The van der Waals surface area contributed by atoms with E-state index in [1.165, 1.54) is 6.07 Å². The van der Waals surface area contributed by atoms with Gasteiger partial charge in [0.05, 0.1) is 6.61 Å². The number of halogens is 1. The number of hydrogen-bond acceptors (Lipinski definition) is 3. The van der Waals surface area contributed by atoms with Crippen molar-refractivity contribution in [1.29, 1.82) is 0 Å². The molecule has 2 aromatic rings. The number of benzene rings is 2. The first-order valence-electron chi connectivity index (χ1n) is 7.55. The lowest BCUT2D eigenvalue weighted by Crippen LogP contribution is -2.43. The van der Waals surface area contributed by atoms with Gasteiger partial charge in [0, 0.05) is 13.1 Å². The first-order chi connectivity index (χ1) is 10.8. The molecule has 1 saturated heterocycles. The van der Waals surface area contributed by atoms with Crippen LogP contribution in [0.4, 0.5) is 4.39 Å². The van der Waals surface area contributed by atoms with E-state index in [1.807, 2.05) is 43.3 Å². The monoisotopic (exact) mass is 301 g/mol. The van der Waals surface area contributed by atoms with Crippen LogP contribution in [0.1, 0.15) is 17.2 Å². The second-order valence-corrected chi connectivity index (χ2v) is 5.45. The number of hydrogen-bond donors (Lipinski definition) is 1. The average Bonchev–Trinajstić information content (AvgIpc) is 2.56. The third kappa shape index (κ3) is 3.29. The zero-order valence-electron chi connectivity index (χ0n) is 12.6. The molecular weight excluding hydrogens is 281 g/mol. The normalized spacial score (nSPS) is 19.6. The van der Waals surface area contributed by atoms with Gasteiger partial charge < -0.3 is 14.8 Å². The summed E-state index contributed by atoms with van der Waals surface area (Å²) in [6.07, 6.45) is -0.486. The smallest absolute Gasteiger partial charge is 0.165 e. The maximum atomic E-state index is 14.1. The van der Waals surface area contributed by atoms with E-state index < -0.39 is 0 Å². The fourth-order valence-electron chi connectivity index (χ4n) is 2.67. The van der Waals surface area contributed by atoms with Crippen molar-refractivity contribution in [3.8, 4) is 5.75 Å². The van der Waals surface area contributed by atoms with E-state index in [9.17, 15) is 4.39 Å². The van der Waals surface area contributed by atoms with Crippen LogP contribution in [-0.2, 0) is 4.74 Å². The highest BCUT2D eigenvalue weighted by Gasteiger charge is 2.29. The molecule has 22 heavy (non-hydrogen) atoms. The quantitative estimate of drug-likeness (QED) is 0.940. The highest BCUT2D eigenvalue weighted by Crippen LogP contribution is 2.31. The second-order valence-electron chi connectivity index (χ2n) is 5.45. The molecule has 0 radical (unpaired) electrons. The highest BCUT2D eigenvalue weighted by atomic mass is 19.1. The molecule has 0 aliphatic carbocycles. The molecule has 2 aromatic carbocycles. The van der Waals surface area contributed by atoms with Crippen molar-refractivity contribution in [2.24, 2.45) is 0 Å². The zero-order valence-corrected chi connectivity index (χ0v) is 12.6. The second kappa shape index (κ2) is 6.90. The summed E-state index contributed by atoms with van der Waals surface area (Å²) in [5.41, 5.74) is 1.77. The third-order valence-corrected chi connectivity index (χ3v) is 3.83. The highest BCUT2D eigenvalue weighted by molar-refractivity contribution is 5.35. The topological polar surface area (TPSA) is 30.5 Å². The number of nitrogens with one attached hydrogen (secondary N) is 1. The molecular formula is C18H20FNO2. The Morgan fingerprint density at radius 1 is 1.18 bits per heavy atom. The molecule has 0 amide bonds. The maximum absolute atomic E-state index is 14.1. The van der Waals surface area contributed by atoms with E-state index in [4.69, 9.17) is 9.47 Å². The van der Waals surface area contributed by atoms with Gasteiger partial charge in [0.1, 0.15) is 6.10 Å². The molecule has 2 atom stereocenters. The van der Waals surface area contributed by atoms with E-state index in [0.717, 1.165) is 17.7 Å². The average molecular weight is 301 g/mol. The summed E-state index contributed by atoms with van der Waals surface area (Å²) in [7, 11) is 0. The Labute approximate surface area is 130 Å². The van der Waals surface area contributed by atoms with Gasteiger partial charge in [0.15, 0.2) is 17.7 Å². The molecule has 116 valence electrons. The van der Waals surface area contributed by atoms with Crippen molar-refractivity contribution >= 4 is 0 Å². The van der Waals surface area contributed by atoms with Gasteiger partial charge in [-0.25, -0.2) is 4.39 Å². The Hall–Kier alpha value is -1.91.